The van der Waals surface area contributed by atoms with E-state index in [1.807, 2.05) is 43.3 Å². The van der Waals surface area contributed by atoms with Crippen molar-refractivity contribution in [3.05, 3.63) is 88.4 Å². The number of nitrogens with one attached hydrogen (secondary N) is 2. The molecule has 0 aliphatic heterocycles. The van der Waals surface area contributed by atoms with Gasteiger partial charge in [-0.1, -0.05) is 59.6 Å². The van der Waals surface area contributed by atoms with Gasteiger partial charge in [0.25, 0.3) is 5.91 Å². The summed E-state index contributed by atoms with van der Waals surface area (Å²) in [6.45, 7) is 2.39. The largest absolute Gasteiger partial charge is 0.348 e. The highest BCUT2D eigenvalue weighted by molar-refractivity contribution is 7.92. The van der Waals surface area contributed by atoms with E-state index in [1.54, 1.807) is 6.07 Å². The molecule has 3 aromatic rings. The lowest BCUT2D eigenvalue weighted by atomic mass is 10.0. The Kier molecular flexibility index (Phi) is 6.25. The molecule has 0 spiro atoms. The van der Waals surface area contributed by atoms with Gasteiger partial charge in [-0.25, -0.2) is 8.42 Å². The summed E-state index contributed by atoms with van der Waals surface area (Å²) >= 11 is 6.01. The summed E-state index contributed by atoms with van der Waals surface area (Å²) in [5, 5.41) is 3.08. The number of anilines is 1. The minimum Gasteiger partial charge on any atom is -0.348 e. The van der Waals surface area contributed by atoms with E-state index in [4.69, 9.17) is 11.6 Å². The van der Waals surface area contributed by atoms with Crippen molar-refractivity contribution in [3.8, 4) is 11.1 Å². The van der Waals surface area contributed by atoms with Gasteiger partial charge < -0.3 is 5.32 Å². The molecule has 0 unspecified atom stereocenters. The normalized spacial score (nSPS) is 11.1. The van der Waals surface area contributed by atoms with Crippen LogP contribution in [-0.4, -0.2) is 20.6 Å². The maximum Gasteiger partial charge on any atom is 0.251 e. The Bertz CT molecular complexity index is 1160. The third-order valence-electron chi connectivity index (χ3n) is 4.26. The van der Waals surface area contributed by atoms with Crippen molar-refractivity contribution in [2.45, 2.75) is 13.5 Å². The molecule has 0 radical (unpaired) electrons. The monoisotopic (exact) mass is 428 g/mol. The van der Waals surface area contributed by atoms with Crippen molar-refractivity contribution in [1.29, 1.82) is 0 Å². The van der Waals surface area contributed by atoms with E-state index in [9.17, 15) is 13.2 Å². The van der Waals surface area contributed by atoms with Crippen LogP contribution in [0, 0.1) is 6.92 Å². The fourth-order valence-electron chi connectivity index (χ4n) is 2.91. The highest BCUT2D eigenvalue weighted by Gasteiger charge is 2.12. The molecule has 7 heteroatoms. The maximum absolute atomic E-state index is 12.5. The molecule has 3 aromatic carbocycles. The molecule has 0 saturated heterocycles. The Balaban J connectivity index is 1.73. The smallest absolute Gasteiger partial charge is 0.251 e. The average molecular weight is 429 g/mol. The van der Waals surface area contributed by atoms with Crippen molar-refractivity contribution in [2.24, 2.45) is 0 Å². The number of carbonyl (C=O) groups is 1. The van der Waals surface area contributed by atoms with E-state index in [2.05, 4.69) is 22.2 Å². The van der Waals surface area contributed by atoms with Gasteiger partial charge in [0.2, 0.25) is 10.0 Å². The van der Waals surface area contributed by atoms with E-state index in [0.29, 0.717) is 12.1 Å². The minimum absolute atomic E-state index is 0.170. The van der Waals surface area contributed by atoms with Crippen LogP contribution in [0.2, 0.25) is 5.02 Å². The third-order valence-corrected chi connectivity index (χ3v) is 5.18. The highest BCUT2D eigenvalue weighted by atomic mass is 35.5. The summed E-state index contributed by atoms with van der Waals surface area (Å²) in [6, 6.07) is 20.6. The highest BCUT2D eigenvalue weighted by Crippen LogP contribution is 2.24. The number of benzene rings is 3. The van der Waals surface area contributed by atoms with Crippen molar-refractivity contribution < 1.29 is 13.2 Å². The number of aryl methyl sites for hydroxylation is 1. The van der Waals surface area contributed by atoms with Crippen molar-refractivity contribution in [2.75, 3.05) is 11.0 Å². The lowest BCUT2D eigenvalue weighted by Crippen LogP contribution is -2.23. The van der Waals surface area contributed by atoms with Gasteiger partial charge in [-0.2, -0.15) is 0 Å². The fraction of sp³-hybridized carbons (Fsp3) is 0.136. The molecule has 0 aromatic heterocycles. The van der Waals surface area contributed by atoms with Crippen LogP contribution >= 0.6 is 11.6 Å². The predicted octanol–water partition coefficient (Wildman–Crippen LogP) is 4.62. The molecule has 0 saturated carbocycles. The number of hydrogen-bond donors (Lipinski definition) is 2. The average Bonchev–Trinajstić information content (AvgIpc) is 2.67. The number of carbonyl (C=O) groups excluding carboxylic acids is 1. The van der Waals surface area contributed by atoms with Crippen LogP contribution in [0.3, 0.4) is 0 Å². The molecule has 0 bridgehead atoms. The molecular formula is C22H21ClN2O3S. The Morgan fingerprint density at radius 2 is 1.66 bits per heavy atom. The zero-order valence-corrected chi connectivity index (χ0v) is 17.6. The molecule has 29 heavy (non-hydrogen) atoms. The summed E-state index contributed by atoms with van der Waals surface area (Å²) in [4.78, 5) is 12.5. The number of sulfonamides is 1. The maximum atomic E-state index is 12.5. The standard InChI is InChI=1S/C22H21ClN2O3S/c1-15-5-3-7-17(11-15)18-8-4-6-16(12-18)14-24-22(26)19-9-10-20(23)21(13-19)25-29(2,27)28/h3-13,25H,14H2,1-2H3,(H,24,26). The Morgan fingerprint density at radius 1 is 0.966 bits per heavy atom. The topological polar surface area (TPSA) is 75.3 Å². The van der Waals surface area contributed by atoms with E-state index in [1.165, 1.54) is 17.7 Å². The fourth-order valence-corrected chi connectivity index (χ4v) is 3.70. The van der Waals surface area contributed by atoms with E-state index < -0.39 is 10.0 Å². The van der Waals surface area contributed by atoms with Gasteiger partial charge >= 0.3 is 0 Å². The van der Waals surface area contributed by atoms with E-state index in [0.717, 1.165) is 22.9 Å². The molecule has 0 fully saturated rings. The van der Waals surface area contributed by atoms with Gasteiger partial charge in [0, 0.05) is 12.1 Å². The first kappa shape index (κ1) is 20.9. The first-order valence-corrected chi connectivity index (χ1v) is 11.2. The van der Waals surface area contributed by atoms with E-state index in [-0.39, 0.29) is 16.6 Å². The SMILES string of the molecule is Cc1cccc(-c2cccc(CNC(=O)c3ccc(Cl)c(NS(C)(=O)=O)c3)c2)c1. The molecule has 0 heterocycles. The predicted molar refractivity (Wildman–Crippen MR) is 118 cm³/mol. The van der Waals surface area contributed by atoms with Crippen LogP contribution in [0.15, 0.2) is 66.7 Å². The summed E-state index contributed by atoms with van der Waals surface area (Å²) in [5.41, 5.74) is 4.82. The van der Waals surface area contributed by atoms with Crippen LogP contribution in [-0.2, 0) is 16.6 Å². The zero-order valence-electron chi connectivity index (χ0n) is 16.1. The molecule has 3 rings (SSSR count). The van der Waals surface area contributed by atoms with Gasteiger partial charge in [-0.15, -0.1) is 0 Å². The molecule has 5 nitrogen and oxygen atoms in total. The Hall–Kier alpha value is -2.83. The van der Waals surface area contributed by atoms with Crippen molar-refractivity contribution >= 4 is 33.2 Å². The number of halogens is 1. The number of hydrogen-bond acceptors (Lipinski definition) is 3. The summed E-state index contributed by atoms with van der Waals surface area (Å²) in [6.07, 6.45) is 1.03. The van der Waals surface area contributed by atoms with Crippen LogP contribution in [0.4, 0.5) is 5.69 Å². The quantitative estimate of drug-likeness (QED) is 0.601. The molecule has 0 aliphatic carbocycles. The molecule has 0 aliphatic rings. The van der Waals surface area contributed by atoms with Crippen molar-refractivity contribution in [3.63, 3.8) is 0 Å². The second-order valence-corrected chi connectivity index (χ2v) is 8.98. The van der Waals surface area contributed by atoms with Gasteiger partial charge in [0.1, 0.15) is 0 Å². The summed E-state index contributed by atoms with van der Waals surface area (Å²) in [5.74, 6) is -0.320. The zero-order chi connectivity index (χ0) is 21.0. The second kappa shape index (κ2) is 8.68. The Labute approximate surface area is 175 Å². The molecule has 2 N–H and O–H groups in total. The minimum atomic E-state index is -3.50. The van der Waals surface area contributed by atoms with E-state index >= 15 is 0 Å². The van der Waals surface area contributed by atoms with Crippen molar-refractivity contribution in [1.82, 2.24) is 5.32 Å². The molecule has 0 atom stereocenters. The van der Waals surface area contributed by atoms with Gasteiger partial charge in [0.15, 0.2) is 0 Å². The lowest BCUT2D eigenvalue weighted by Gasteiger charge is -2.10. The Morgan fingerprint density at radius 3 is 2.34 bits per heavy atom. The van der Waals surface area contributed by atoms with Crippen LogP contribution in [0.25, 0.3) is 11.1 Å². The summed E-state index contributed by atoms with van der Waals surface area (Å²) < 4.78 is 25.2. The molecular weight excluding hydrogens is 408 g/mol. The van der Waals surface area contributed by atoms with Gasteiger partial charge in [-0.3, -0.25) is 9.52 Å². The molecule has 1 amide bonds. The molecule has 150 valence electrons. The number of rotatable bonds is 6. The summed E-state index contributed by atoms with van der Waals surface area (Å²) in [7, 11) is -3.50. The van der Waals surface area contributed by atoms with Crippen LogP contribution < -0.4 is 10.0 Å². The lowest BCUT2D eigenvalue weighted by molar-refractivity contribution is 0.0951. The van der Waals surface area contributed by atoms with Crippen LogP contribution in [0.5, 0.6) is 0 Å². The third kappa shape index (κ3) is 5.82. The van der Waals surface area contributed by atoms with Gasteiger partial charge in [-0.05, 0) is 47.9 Å². The first-order valence-electron chi connectivity index (χ1n) is 8.93. The number of amides is 1. The van der Waals surface area contributed by atoms with Gasteiger partial charge in [0.05, 0.1) is 17.0 Å². The van der Waals surface area contributed by atoms with Crippen LogP contribution in [0.1, 0.15) is 21.5 Å². The second-order valence-electron chi connectivity index (χ2n) is 6.82. The first-order chi connectivity index (χ1) is 13.7.